The van der Waals surface area contributed by atoms with Crippen LogP contribution in [0.3, 0.4) is 0 Å². The fraction of sp³-hybridized carbons (Fsp3) is 0. The summed E-state index contributed by atoms with van der Waals surface area (Å²) >= 11 is 0. The Hall–Kier alpha value is -1.79. The van der Waals surface area contributed by atoms with Gasteiger partial charge >= 0.3 is 0 Å². The van der Waals surface area contributed by atoms with Gasteiger partial charge < -0.3 is 5.84 Å². The van der Waals surface area contributed by atoms with Crippen molar-refractivity contribution in [3.8, 4) is 11.6 Å². The van der Waals surface area contributed by atoms with Crippen LogP contribution in [-0.4, -0.2) is 30.3 Å². The molecule has 10 heavy (non-hydrogen) atoms. The highest BCUT2D eigenvalue weighted by Crippen LogP contribution is 2.05. The molecule has 0 aromatic rings. The van der Waals surface area contributed by atoms with Gasteiger partial charge in [0.05, 0.1) is 0 Å². The predicted molar refractivity (Wildman–Crippen MR) is 30.2 cm³/mol. The van der Waals surface area contributed by atoms with Crippen molar-refractivity contribution < 1.29 is 0 Å². The second-order valence-electron chi connectivity index (χ2n) is 1.64. The minimum Gasteiger partial charge on any atom is -0.320 e. The predicted octanol–water partition coefficient (Wildman–Crippen LogP) is -1.72. The lowest BCUT2D eigenvalue weighted by Gasteiger charge is -1.96. The third-order valence-corrected chi connectivity index (χ3v) is 1.05. The molecule has 0 saturated carbocycles. The van der Waals surface area contributed by atoms with Crippen molar-refractivity contribution in [1.82, 2.24) is 30.3 Å². The molecule has 2 rings (SSSR count). The Bertz CT molecular complexity index is 313. The molecule has 0 spiro atoms. The van der Waals surface area contributed by atoms with Gasteiger partial charge in [0, 0.05) is 0 Å². The SMILES string of the molecule is Nn1nnnc2ncnc1-2. The summed E-state index contributed by atoms with van der Waals surface area (Å²) in [7, 11) is 0. The van der Waals surface area contributed by atoms with Gasteiger partial charge in [-0.1, -0.05) is 0 Å². The van der Waals surface area contributed by atoms with E-state index in [1.165, 1.54) is 6.33 Å². The van der Waals surface area contributed by atoms with Crippen molar-refractivity contribution in [2.45, 2.75) is 0 Å². The van der Waals surface area contributed by atoms with Gasteiger partial charge in [0.15, 0.2) is 0 Å². The molecule has 2 aliphatic rings. The van der Waals surface area contributed by atoms with E-state index >= 15 is 0 Å². The highest BCUT2D eigenvalue weighted by atomic mass is 15.6. The zero-order valence-electron chi connectivity index (χ0n) is 4.84. The van der Waals surface area contributed by atoms with E-state index in [1.54, 1.807) is 0 Å². The topological polar surface area (TPSA) is 95.4 Å². The van der Waals surface area contributed by atoms with Crippen molar-refractivity contribution >= 4 is 0 Å². The maximum absolute atomic E-state index is 5.30. The maximum Gasteiger partial charge on any atom is 0.224 e. The third kappa shape index (κ3) is 0.508. The molecule has 0 atom stereocenters. The molecule has 50 valence electrons. The Morgan fingerprint density at radius 2 is 2.30 bits per heavy atom. The summed E-state index contributed by atoms with van der Waals surface area (Å²) in [6, 6.07) is 0. The van der Waals surface area contributed by atoms with Crippen molar-refractivity contribution in [1.29, 1.82) is 0 Å². The quantitative estimate of drug-likeness (QED) is 0.434. The highest BCUT2D eigenvalue weighted by Gasteiger charge is 2.09. The second kappa shape index (κ2) is 1.59. The van der Waals surface area contributed by atoms with Crippen molar-refractivity contribution in [3.63, 3.8) is 0 Å². The molecule has 0 radical (unpaired) electrons. The average molecular weight is 137 g/mol. The number of nitrogens with zero attached hydrogens (tertiary/aromatic N) is 6. The molecule has 0 aliphatic carbocycles. The largest absolute Gasteiger partial charge is 0.320 e. The van der Waals surface area contributed by atoms with E-state index in [2.05, 4.69) is 25.5 Å². The smallest absolute Gasteiger partial charge is 0.224 e. The summed E-state index contributed by atoms with van der Waals surface area (Å²) in [5, 5.41) is 10.3. The lowest BCUT2D eigenvalue weighted by atomic mass is 10.6. The van der Waals surface area contributed by atoms with Crippen molar-refractivity contribution in [2.24, 2.45) is 0 Å². The Labute approximate surface area is 55.2 Å². The van der Waals surface area contributed by atoms with Gasteiger partial charge in [-0.15, -0.1) is 9.89 Å². The van der Waals surface area contributed by atoms with Crippen molar-refractivity contribution in [3.05, 3.63) is 6.33 Å². The summed E-state index contributed by atoms with van der Waals surface area (Å²) in [4.78, 5) is 8.56. The average Bonchev–Trinajstić information content (AvgIpc) is 2.36. The molecule has 0 amide bonds. The molecule has 0 unspecified atom stereocenters. The normalized spacial score (nSPS) is 10.4. The van der Waals surface area contributed by atoms with Gasteiger partial charge in [0.25, 0.3) is 0 Å². The summed E-state index contributed by atoms with van der Waals surface area (Å²) < 4.78 is 0. The number of nitrogens with two attached hydrogens (primary N) is 1. The first-order valence-corrected chi connectivity index (χ1v) is 2.52. The van der Waals surface area contributed by atoms with Gasteiger partial charge in [-0.25, -0.2) is 9.97 Å². The Balaban J connectivity index is 2.80. The molecular formula is C3H3N7. The zero-order valence-corrected chi connectivity index (χ0v) is 4.84. The first-order valence-electron chi connectivity index (χ1n) is 2.52. The lowest BCUT2D eigenvalue weighted by Crippen LogP contribution is -2.19. The number of fused-ring (bicyclic) bond motifs is 1. The van der Waals surface area contributed by atoms with Gasteiger partial charge in [-0.3, -0.25) is 0 Å². The van der Waals surface area contributed by atoms with E-state index in [0.29, 0.717) is 11.6 Å². The van der Waals surface area contributed by atoms with Gasteiger partial charge in [0.1, 0.15) is 6.33 Å². The van der Waals surface area contributed by atoms with Crippen LogP contribution in [-0.2, 0) is 0 Å². The van der Waals surface area contributed by atoms with E-state index in [1.807, 2.05) is 0 Å². The van der Waals surface area contributed by atoms with E-state index < -0.39 is 0 Å². The fourth-order valence-electron chi connectivity index (χ4n) is 0.634. The standard InChI is InChI=1S/C3H3N7/c4-10-3-2(5-1-6-3)7-8-9-10/h1H,4H2. The molecule has 2 heterocycles. The molecule has 2 N–H and O–H groups in total. The minimum atomic E-state index is 0.400. The zero-order chi connectivity index (χ0) is 6.97. The van der Waals surface area contributed by atoms with Crippen LogP contribution in [0.1, 0.15) is 0 Å². The minimum absolute atomic E-state index is 0.400. The van der Waals surface area contributed by atoms with Gasteiger partial charge in [-0.2, -0.15) is 0 Å². The third-order valence-electron chi connectivity index (χ3n) is 1.05. The molecule has 0 aromatic carbocycles. The molecule has 0 fully saturated rings. The van der Waals surface area contributed by atoms with Gasteiger partial charge in [0.2, 0.25) is 11.6 Å². The molecule has 0 aromatic heterocycles. The number of rotatable bonds is 0. The summed E-state index contributed by atoms with van der Waals surface area (Å²) in [6.45, 7) is 0. The molecule has 7 heteroatoms. The van der Waals surface area contributed by atoms with E-state index in [0.717, 1.165) is 4.79 Å². The van der Waals surface area contributed by atoms with Crippen LogP contribution < -0.4 is 5.84 Å². The van der Waals surface area contributed by atoms with Crippen LogP contribution in [0, 0.1) is 0 Å². The first-order chi connectivity index (χ1) is 4.88. The molecular weight excluding hydrogens is 134 g/mol. The Kier molecular flexibility index (Phi) is 0.802. The number of aromatic nitrogens is 6. The van der Waals surface area contributed by atoms with E-state index in [9.17, 15) is 0 Å². The van der Waals surface area contributed by atoms with Crippen LogP contribution in [0.4, 0.5) is 0 Å². The van der Waals surface area contributed by atoms with Crippen molar-refractivity contribution in [2.75, 3.05) is 5.84 Å². The lowest BCUT2D eigenvalue weighted by molar-refractivity contribution is 0.647. The van der Waals surface area contributed by atoms with E-state index in [4.69, 9.17) is 5.84 Å². The van der Waals surface area contributed by atoms with Crippen LogP contribution in [0.25, 0.3) is 11.6 Å². The summed E-state index contributed by atoms with van der Waals surface area (Å²) in [5.74, 6) is 6.13. The monoisotopic (exact) mass is 137 g/mol. The Morgan fingerprint density at radius 3 is 3.10 bits per heavy atom. The fourth-order valence-corrected chi connectivity index (χ4v) is 0.634. The Morgan fingerprint density at radius 1 is 1.40 bits per heavy atom. The van der Waals surface area contributed by atoms with Crippen LogP contribution >= 0.6 is 0 Å². The number of imidazole rings is 1. The maximum atomic E-state index is 5.30. The number of hydrogen-bond acceptors (Lipinski definition) is 6. The van der Waals surface area contributed by atoms with Crippen LogP contribution in [0.5, 0.6) is 0 Å². The van der Waals surface area contributed by atoms with E-state index in [-0.39, 0.29) is 0 Å². The van der Waals surface area contributed by atoms with Crippen LogP contribution in [0.2, 0.25) is 0 Å². The molecule has 0 saturated heterocycles. The molecule has 0 bridgehead atoms. The van der Waals surface area contributed by atoms with Crippen LogP contribution in [0.15, 0.2) is 6.33 Å². The molecule has 7 nitrogen and oxygen atoms in total. The second-order valence-corrected chi connectivity index (χ2v) is 1.64. The molecule has 2 aliphatic heterocycles. The number of nitrogen functional groups attached to an aromatic ring is 1. The summed E-state index contributed by atoms with van der Waals surface area (Å²) in [5.41, 5.74) is 0. The highest BCUT2D eigenvalue weighted by molar-refractivity contribution is 5.41. The summed E-state index contributed by atoms with van der Waals surface area (Å²) in [6.07, 6.45) is 1.35. The first kappa shape index (κ1) is 5.03. The van der Waals surface area contributed by atoms with Gasteiger partial charge in [-0.05, 0) is 10.4 Å². The number of hydrogen-bond donors (Lipinski definition) is 1.